The number of hydrogen-bond donors (Lipinski definition) is 0. The van der Waals surface area contributed by atoms with Gasteiger partial charge in [0, 0.05) is 5.02 Å². The molecule has 1 aliphatic heterocycles. The number of fused-ring (bicyclic) bond motifs is 1. The molecule has 182 valence electrons. The number of benzene rings is 3. The average molecular weight is 529 g/mol. The number of ether oxygens (including phenoxy) is 1. The van der Waals surface area contributed by atoms with E-state index in [-0.39, 0.29) is 5.02 Å². The molecule has 0 aliphatic carbocycles. The van der Waals surface area contributed by atoms with Crippen LogP contribution in [0.5, 0.6) is 11.5 Å². The fourth-order valence-corrected chi connectivity index (χ4v) is 3.58. The van der Waals surface area contributed by atoms with E-state index in [2.05, 4.69) is 0 Å². The molecule has 0 bridgehead atoms. The van der Waals surface area contributed by atoms with Crippen molar-refractivity contribution in [1.29, 1.82) is 0 Å². The standard InChI is InChI=1S/C15H9F5O2S.C7H4ClF3/c16-10-11(17)13(19)15(14(20)12(10)18)22-23-8-4-3-7-2-1-5-21-9(7)6-8;8-6-3-1-2-5(4-6)7(9,10)11/h3-4,6H,1-2,5H2;1-4H. The summed E-state index contributed by atoms with van der Waals surface area (Å²) in [5, 5.41) is 0.0971. The van der Waals surface area contributed by atoms with Gasteiger partial charge in [-0.05, 0) is 48.7 Å². The molecule has 0 saturated carbocycles. The van der Waals surface area contributed by atoms with Gasteiger partial charge in [-0.2, -0.15) is 22.0 Å². The van der Waals surface area contributed by atoms with E-state index in [1.54, 1.807) is 18.2 Å². The summed E-state index contributed by atoms with van der Waals surface area (Å²) in [7, 11) is 0. The van der Waals surface area contributed by atoms with Crippen LogP contribution in [0.3, 0.4) is 0 Å². The SMILES string of the molecule is FC(F)(F)c1cccc(Cl)c1.Fc1c(F)c(F)c(OSc2ccc3c(c2)OCCC3)c(F)c1F. The zero-order valence-corrected chi connectivity index (χ0v) is 18.4. The van der Waals surface area contributed by atoms with Gasteiger partial charge in [0.15, 0.2) is 0 Å². The zero-order valence-electron chi connectivity index (χ0n) is 16.8. The normalized spacial score (nSPS) is 12.9. The molecule has 1 heterocycles. The first-order chi connectivity index (χ1) is 16.0. The summed E-state index contributed by atoms with van der Waals surface area (Å²) in [5.74, 6) is -11.1. The fraction of sp³-hybridized carbons (Fsp3) is 0.182. The van der Waals surface area contributed by atoms with Crippen molar-refractivity contribution in [2.24, 2.45) is 0 Å². The summed E-state index contributed by atoms with van der Waals surface area (Å²) in [6.45, 7) is 0.555. The average Bonchev–Trinajstić information content (AvgIpc) is 2.81. The first-order valence-corrected chi connectivity index (χ1v) is 10.6. The molecule has 4 rings (SSSR count). The molecule has 2 nitrogen and oxygen atoms in total. The molecule has 0 aromatic heterocycles. The number of aryl methyl sites for hydroxylation is 1. The van der Waals surface area contributed by atoms with Gasteiger partial charge in [0.2, 0.25) is 34.8 Å². The minimum atomic E-state index is -4.30. The van der Waals surface area contributed by atoms with E-state index in [0.29, 0.717) is 29.3 Å². The van der Waals surface area contributed by atoms with Crippen LogP contribution in [0.2, 0.25) is 5.02 Å². The van der Waals surface area contributed by atoms with Gasteiger partial charge >= 0.3 is 6.18 Å². The molecule has 0 saturated heterocycles. The van der Waals surface area contributed by atoms with Crippen molar-refractivity contribution >= 4 is 23.6 Å². The lowest BCUT2D eigenvalue weighted by Crippen LogP contribution is -2.08. The van der Waals surface area contributed by atoms with Gasteiger partial charge in [0.1, 0.15) is 5.75 Å². The maximum atomic E-state index is 13.5. The Morgan fingerprint density at radius 1 is 0.853 bits per heavy atom. The summed E-state index contributed by atoms with van der Waals surface area (Å²) in [4.78, 5) is 0.412. The molecule has 1 aliphatic rings. The van der Waals surface area contributed by atoms with E-state index < -0.39 is 46.6 Å². The Kier molecular flexibility index (Phi) is 8.19. The van der Waals surface area contributed by atoms with Crippen molar-refractivity contribution in [2.45, 2.75) is 23.9 Å². The van der Waals surface area contributed by atoms with Gasteiger partial charge in [-0.15, -0.1) is 0 Å². The monoisotopic (exact) mass is 528 g/mol. The number of halogens is 9. The lowest BCUT2D eigenvalue weighted by molar-refractivity contribution is -0.137. The summed E-state index contributed by atoms with van der Waals surface area (Å²) in [6, 6.07) is 9.50. The molecule has 3 aromatic rings. The van der Waals surface area contributed by atoms with Crippen LogP contribution in [-0.4, -0.2) is 6.61 Å². The van der Waals surface area contributed by atoms with Gasteiger partial charge < -0.3 is 8.92 Å². The fourth-order valence-electron chi connectivity index (χ4n) is 2.78. The molecule has 0 amide bonds. The quantitative estimate of drug-likeness (QED) is 0.148. The second kappa shape index (κ2) is 10.7. The van der Waals surface area contributed by atoms with Crippen LogP contribution in [0, 0.1) is 29.1 Å². The van der Waals surface area contributed by atoms with Crippen molar-refractivity contribution in [3.63, 3.8) is 0 Å². The highest BCUT2D eigenvalue weighted by atomic mass is 35.5. The molecule has 0 spiro atoms. The first-order valence-electron chi connectivity index (χ1n) is 9.43. The molecule has 0 atom stereocenters. The Balaban J connectivity index is 0.000000248. The van der Waals surface area contributed by atoms with Crippen molar-refractivity contribution in [2.75, 3.05) is 6.61 Å². The predicted molar refractivity (Wildman–Crippen MR) is 109 cm³/mol. The Labute approximate surface area is 197 Å². The third-order valence-electron chi connectivity index (χ3n) is 4.43. The van der Waals surface area contributed by atoms with Crippen molar-refractivity contribution in [3.8, 4) is 11.5 Å². The minimum Gasteiger partial charge on any atom is -0.493 e. The van der Waals surface area contributed by atoms with E-state index in [1.165, 1.54) is 12.1 Å². The Bertz CT molecular complexity index is 1160. The Morgan fingerprint density at radius 2 is 1.50 bits per heavy atom. The molecule has 0 radical (unpaired) electrons. The van der Waals surface area contributed by atoms with Crippen LogP contribution in [0.15, 0.2) is 47.4 Å². The van der Waals surface area contributed by atoms with Crippen LogP contribution in [0.4, 0.5) is 35.1 Å². The molecule has 12 heteroatoms. The Hall–Kier alpha value is -2.66. The Morgan fingerprint density at radius 3 is 2.09 bits per heavy atom. The number of rotatable bonds is 3. The second-order valence-corrected chi connectivity index (χ2v) is 8.04. The van der Waals surface area contributed by atoms with Gasteiger partial charge in [0.25, 0.3) is 0 Å². The third kappa shape index (κ3) is 6.06. The van der Waals surface area contributed by atoms with E-state index in [4.69, 9.17) is 20.5 Å². The van der Waals surface area contributed by atoms with Gasteiger partial charge in [0.05, 0.1) is 29.1 Å². The van der Waals surface area contributed by atoms with E-state index in [1.807, 2.05) is 0 Å². The molecule has 34 heavy (non-hydrogen) atoms. The van der Waals surface area contributed by atoms with Crippen LogP contribution >= 0.6 is 23.6 Å². The van der Waals surface area contributed by atoms with E-state index in [9.17, 15) is 35.1 Å². The molecular formula is C22H13ClF8O2S. The van der Waals surface area contributed by atoms with Crippen molar-refractivity contribution in [1.82, 2.24) is 0 Å². The number of hydrogen-bond acceptors (Lipinski definition) is 3. The largest absolute Gasteiger partial charge is 0.493 e. The maximum absolute atomic E-state index is 13.5. The summed E-state index contributed by atoms with van der Waals surface area (Å²) < 4.78 is 112. The van der Waals surface area contributed by atoms with E-state index in [0.717, 1.165) is 30.5 Å². The highest BCUT2D eigenvalue weighted by Gasteiger charge is 2.30. The molecule has 0 unspecified atom stereocenters. The molecule has 0 N–H and O–H groups in total. The number of alkyl halides is 3. The molecule has 3 aromatic carbocycles. The van der Waals surface area contributed by atoms with Gasteiger partial charge in [-0.3, -0.25) is 0 Å². The highest BCUT2D eigenvalue weighted by Crippen LogP contribution is 2.35. The zero-order chi connectivity index (χ0) is 25.0. The van der Waals surface area contributed by atoms with E-state index >= 15 is 0 Å². The summed E-state index contributed by atoms with van der Waals surface area (Å²) >= 11 is 5.83. The van der Waals surface area contributed by atoms with Gasteiger partial charge in [-0.1, -0.05) is 23.7 Å². The maximum Gasteiger partial charge on any atom is 0.416 e. The first kappa shape index (κ1) is 26.0. The van der Waals surface area contributed by atoms with Crippen molar-refractivity contribution in [3.05, 3.63) is 87.7 Å². The molecule has 0 fully saturated rings. The molecular weight excluding hydrogens is 516 g/mol. The second-order valence-electron chi connectivity index (χ2n) is 6.80. The summed E-state index contributed by atoms with van der Waals surface area (Å²) in [6.07, 6.45) is -2.57. The third-order valence-corrected chi connectivity index (χ3v) is 5.36. The minimum absolute atomic E-state index is 0.0971. The van der Waals surface area contributed by atoms with Crippen LogP contribution in [0.25, 0.3) is 0 Å². The topological polar surface area (TPSA) is 18.5 Å². The lowest BCUT2D eigenvalue weighted by atomic mass is 10.1. The predicted octanol–water partition coefficient (Wildman–Crippen LogP) is 8.15. The lowest BCUT2D eigenvalue weighted by Gasteiger charge is -2.17. The van der Waals surface area contributed by atoms with Crippen LogP contribution in [-0.2, 0) is 12.6 Å². The summed E-state index contributed by atoms with van der Waals surface area (Å²) in [5.41, 5.74) is 0.266. The van der Waals surface area contributed by atoms with Gasteiger partial charge in [-0.25, -0.2) is 13.2 Å². The van der Waals surface area contributed by atoms with Crippen LogP contribution in [0.1, 0.15) is 17.5 Å². The highest BCUT2D eigenvalue weighted by molar-refractivity contribution is 7.95. The van der Waals surface area contributed by atoms with Crippen molar-refractivity contribution < 1.29 is 44.0 Å². The smallest absolute Gasteiger partial charge is 0.416 e. The van der Waals surface area contributed by atoms with Crippen LogP contribution < -0.4 is 8.92 Å².